The Morgan fingerprint density at radius 3 is 2.56 bits per heavy atom. The van der Waals surface area contributed by atoms with Gasteiger partial charge in [-0.2, -0.15) is 0 Å². The fourth-order valence-electron chi connectivity index (χ4n) is 3.20. The lowest BCUT2D eigenvalue weighted by molar-refractivity contribution is 0.430. The van der Waals surface area contributed by atoms with E-state index in [1.807, 2.05) is 54.1 Å². The van der Waals surface area contributed by atoms with Gasteiger partial charge in [0.1, 0.15) is 17.3 Å². The van der Waals surface area contributed by atoms with E-state index < -0.39 is 0 Å². The Morgan fingerprint density at radius 1 is 1.04 bits per heavy atom. The number of fused-ring (bicyclic) bond motifs is 1. The molecule has 0 spiro atoms. The van der Waals surface area contributed by atoms with Gasteiger partial charge in [0.15, 0.2) is 5.88 Å². The van der Waals surface area contributed by atoms with Gasteiger partial charge in [0.25, 0.3) is 0 Å². The molecule has 0 aliphatic heterocycles. The highest BCUT2D eigenvalue weighted by molar-refractivity contribution is 9.10. The number of aromatic hydroxyl groups is 1. The van der Waals surface area contributed by atoms with Crippen molar-refractivity contribution < 1.29 is 14.2 Å². The van der Waals surface area contributed by atoms with Crippen LogP contribution in [0.2, 0.25) is 0 Å². The second-order valence-electron chi connectivity index (χ2n) is 6.47. The van der Waals surface area contributed by atoms with E-state index in [2.05, 4.69) is 15.9 Å². The van der Waals surface area contributed by atoms with E-state index in [0.717, 1.165) is 26.4 Å². The van der Waals surface area contributed by atoms with E-state index in [0.29, 0.717) is 18.0 Å². The molecule has 5 heteroatoms. The fourth-order valence-corrected chi connectivity index (χ4v) is 3.79. The average molecular weight is 426 g/mol. The zero-order valence-corrected chi connectivity index (χ0v) is 16.2. The second-order valence-corrected chi connectivity index (χ2v) is 7.39. The van der Waals surface area contributed by atoms with Gasteiger partial charge in [-0.1, -0.05) is 34.1 Å². The van der Waals surface area contributed by atoms with Gasteiger partial charge in [-0.25, -0.2) is 4.39 Å². The van der Waals surface area contributed by atoms with Crippen LogP contribution >= 0.6 is 15.9 Å². The molecule has 0 amide bonds. The van der Waals surface area contributed by atoms with Crippen LogP contribution < -0.4 is 4.74 Å². The smallest absolute Gasteiger partial charge is 0.199 e. The zero-order chi connectivity index (χ0) is 19.0. The standard InChI is InChI=1S/C22H17BrFNO2/c1-14-9-17(23)10-16-13-25(22(26)21(14)16)12-15-5-7-19(8-6-15)27-20-4-2-3-18(24)11-20/h2-11,13,26H,12H2,1H3. The minimum absolute atomic E-state index is 0.259. The lowest BCUT2D eigenvalue weighted by Gasteiger charge is -2.08. The molecule has 0 aliphatic carbocycles. The van der Waals surface area contributed by atoms with Crippen LogP contribution in [0.15, 0.2) is 71.3 Å². The van der Waals surface area contributed by atoms with Crippen LogP contribution in [0.1, 0.15) is 11.1 Å². The van der Waals surface area contributed by atoms with Crippen LogP contribution in [-0.4, -0.2) is 9.67 Å². The summed E-state index contributed by atoms with van der Waals surface area (Å²) in [6.45, 7) is 2.52. The quantitative estimate of drug-likeness (QED) is 0.410. The van der Waals surface area contributed by atoms with Gasteiger partial charge >= 0.3 is 0 Å². The number of benzene rings is 3. The molecule has 0 radical (unpaired) electrons. The zero-order valence-electron chi connectivity index (χ0n) is 14.6. The predicted molar refractivity (Wildman–Crippen MR) is 108 cm³/mol. The number of ether oxygens (including phenoxy) is 1. The molecule has 3 aromatic carbocycles. The summed E-state index contributed by atoms with van der Waals surface area (Å²) in [5.41, 5.74) is 2.04. The summed E-state index contributed by atoms with van der Waals surface area (Å²) in [5, 5.41) is 12.4. The minimum Gasteiger partial charge on any atom is -0.494 e. The Bertz CT molecular complexity index is 1120. The van der Waals surface area contributed by atoms with Crippen molar-refractivity contribution in [3.8, 4) is 17.4 Å². The molecule has 0 bridgehead atoms. The van der Waals surface area contributed by atoms with Crippen molar-refractivity contribution in [2.75, 3.05) is 0 Å². The Balaban J connectivity index is 1.56. The molecule has 1 heterocycles. The number of aryl methyl sites for hydroxylation is 1. The summed E-state index contributed by atoms with van der Waals surface area (Å²) in [4.78, 5) is 0. The lowest BCUT2D eigenvalue weighted by Crippen LogP contribution is -1.97. The van der Waals surface area contributed by atoms with Gasteiger partial charge in [0.05, 0.1) is 6.54 Å². The molecule has 4 aromatic rings. The van der Waals surface area contributed by atoms with Crippen LogP contribution in [0.3, 0.4) is 0 Å². The first kappa shape index (κ1) is 17.6. The van der Waals surface area contributed by atoms with E-state index in [4.69, 9.17) is 4.74 Å². The molecule has 27 heavy (non-hydrogen) atoms. The van der Waals surface area contributed by atoms with Crippen LogP contribution in [0.4, 0.5) is 4.39 Å². The molecule has 0 fully saturated rings. The SMILES string of the molecule is Cc1cc(Br)cc2cn(Cc3ccc(Oc4cccc(F)c4)cc3)c(O)c12. The molecule has 136 valence electrons. The Hall–Kier alpha value is -2.79. The van der Waals surface area contributed by atoms with Crippen LogP contribution in [0.5, 0.6) is 17.4 Å². The third-order valence-electron chi connectivity index (χ3n) is 4.43. The van der Waals surface area contributed by atoms with Crippen molar-refractivity contribution in [2.45, 2.75) is 13.5 Å². The number of rotatable bonds is 4. The molecule has 3 nitrogen and oxygen atoms in total. The highest BCUT2D eigenvalue weighted by atomic mass is 79.9. The van der Waals surface area contributed by atoms with E-state index in [1.54, 1.807) is 12.1 Å². The molecular weight excluding hydrogens is 409 g/mol. The number of hydrogen-bond acceptors (Lipinski definition) is 2. The highest BCUT2D eigenvalue weighted by Gasteiger charge is 2.12. The maximum atomic E-state index is 13.2. The molecule has 0 saturated heterocycles. The average Bonchev–Trinajstić information content (AvgIpc) is 2.92. The number of halogens is 2. The van der Waals surface area contributed by atoms with E-state index in [9.17, 15) is 9.50 Å². The van der Waals surface area contributed by atoms with E-state index in [1.165, 1.54) is 12.1 Å². The molecule has 0 atom stereocenters. The normalized spacial score (nSPS) is 11.1. The Labute approximate surface area is 164 Å². The van der Waals surface area contributed by atoms with Gasteiger partial charge < -0.3 is 14.4 Å². The van der Waals surface area contributed by atoms with Crippen LogP contribution in [0.25, 0.3) is 10.8 Å². The van der Waals surface area contributed by atoms with Crippen molar-refractivity contribution in [2.24, 2.45) is 0 Å². The third kappa shape index (κ3) is 3.69. The molecule has 0 unspecified atom stereocenters. The molecular formula is C22H17BrFNO2. The summed E-state index contributed by atoms with van der Waals surface area (Å²) in [7, 11) is 0. The fraction of sp³-hybridized carbons (Fsp3) is 0.0909. The summed E-state index contributed by atoms with van der Waals surface area (Å²) in [6.07, 6.45) is 1.94. The van der Waals surface area contributed by atoms with Gasteiger partial charge in [-0.05, 0) is 54.4 Å². The molecule has 1 N–H and O–H groups in total. The van der Waals surface area contributed by atoms with E-state index in [-0.39, 0.29) is 11.7 Å². The number of aromatic nitrogens is 1. The summed E-state index contributed by atoms with van der Waals surface area (Å²) < 4.78 is 21.7. The molecule has 4 rings (SSSR count). The number of nitrogens with zero attached hydrogens (tertiary/aromatic N) is 1. The summed E-state index contributed by atoms with van der Waals surface area (Å²) >= 11 is 3.50. The first-order valence-corrected chi connectivity index (χ1v) is 9.29. The monoisotopic (exact) mass is 425 g/mol. The second kappa shape index (κ2) is 7.08. The third-order valence-corrected chi connectivity index (χ3v) is 4.89. The Kier molecular flexibility index (Phi) is 4.62. The molecule has 0 saturated carbocycles. The minimum atomic E-state index is -0.332. The van der Waals surface area contributed by atoms with Crippen LogP contribution in [-0.2, 0) is 6.54 Å². The maximum absolute atomic E-state index is 13.2. The summed E-state index contributed by atoms with van der Waals surface area (Å²) in [6, 6.07) is 17.6. The van der Waals surface area contributed by atoms with Gasteiger partial charge in [0, 0.05) is 27.5 Å². The van der Waals surface area contributed by atoms with Crippen LogP contribution in [0, 0.1) is 12.7 Å². The van der Waals surface area contributed by atoms with Crippen molar-refractivity contribution in [3.63, 3.8) is 0 Å². The van der Waals surface area contributed by atoms with Gasteiger partial charge in [0.2, 0.25) is 0 Å². The number of hydrogen-bond donors (Lipinski definition) is 1. The van der Waals surface area contributed by atoms with Gasteiger partial charge in [-0.15, -0.1) is 0 Å². The highest BCUT2D eigenvalue weighted by Crippen LogP contribution is 2.33. The summed E-state index contributed by atoms with van der Waals surface area (Å²) in [5.74, 6) is 1.01. The van der Waals surface area contributed by atoms with Crippen molar-refractivity contribution in [3.05, 3.63) is 88.3 Å². The molecule has 0 aliphatic rings. The topological polar surface area (TPSA) is 34.4 Å². The van der Waals surface area contributed by atoms with Crippen molar-refractivity contribution in [1.82, 2.24) is 4.57 Å². The van der Waals surface area contributed by atoms with Crippen molar-refractivity contribution in [1.29, 1.82) is 0 Å². The first-order chi connectivity index (χ1) is 13.0. The predicted octanol–water partition coefficient (Wildman–Crippen LogP) is 6.40. The Morgan fingerprint density at radius 2 is 1.81 bits per heavy atom. The lowest BCUT2D eigenvalue weighted by atomic mass is 10.1. The molecule has 1 aromatic heterocycles. The maximum Gasteiger partial charge on any atom is 0.199 e. The van der Waals surface area contributed by atoms with E-state index >= 15 is 0 Å². The first-order valence-electron chi connectivity index (χ1n) is 8.50. The van der Waals surface area contributed by atoms with Crippen molar-refractivity contribution >= 4 is 26.7 Å². The largest absolute Gasteiger partial charge is 0.494 e. The van der Waals surface area contributed by atoms with Gasteiger partial charge in [-0.3, -0.25) is 0 Å².